The van der Waals surface area contributed by atoms with Crippen LogP contribution in [0.4, 0.5) is 48.3 Å². The highest BCUT2D eigenvalue weighted by molar-refractivity contribution is 9.10. The van der Waals surface area contributed by atoms with E-state index in [0.29, 0.717) is 0 Å². The lowest BCUT2D eigenvalue weighted by Crippen LogP contribution is -2.68. The summed E-state index contributed by atoms with van der Waals surface area (Å²) in [5.74, 6) is -16.4. The Balaban J connectivity index is 6.07. The smallest absolute Gasteiger partial charge is 0.460 e. The third-order valence-corrected chi connectivity index (χ3v) is 3.40. The van der Waals surface area contributed by atoms with Gasteiger partial charge in [0, 0.05) is 6.42 Å². The molecule has 24 heavy (non-hydrogen) atoms. The molecule has 2 unspecified atom stereocenters. The molecule has 0 aromatic heterocycles. The van der Waals surface area contributed by atoms with Crippen molar-refractivity contribution < 1.29 is 57.8 Å². The van der Waals surface area contributed by atoms with Crippen molar-refractivity contribution in [3.8, 4) is 0 Å². The molecule has 2 atom stereocenters. The molecule has 0 aromatic carbocycles. The first-order chi connectivity index (χ1) is 10.4. The summed E-state index contributed by atoms with van der Waals surface area (Å²) >= 11 is 2.01. The highest BCUT2D eigenvalue weighted by atomic mass is 79.9. The fourth-order valence-corrected chi connectivity index (χ4v) is 1.99. The van der Waals surface area contributed by atoms with Gasteiger partial charge in [-0.1, -0.05) is 15.9 Å². The molecule has 0 fully saturated rings. The predicted molar refractivity (Wildman–Crippen MR) is 59.8 cm³/mol. The Kier molecular flexibility index (Phi) is 6.59. The summed E-state index contributed by atoms with van der Waals surface area (Å²) in [6.07, 6.45) is -16.8. The lowest BCUT2D eigenvalue weighted by molar-refractivity contribution is -0.412. The van der Waals surface area contributed by atoms with Crippen LogP contribution in [-0.4, -0.2) is 47.3 Å². The van der Waals surface area contributed by atoms with E-state index in [-0.39, 0.29) is 0 Å². The lowest BCUT2D eigenvalue weighted by Gasteiger charge is -2.39. The summed E-state index contributed by atoms with van der Waals surface area (Å²) in [6.45, 7) is 0.623. The minimum Gasteiger partial charge on any atom is -0.465 e. The number of carbonyl (C=O) groups excluding carboxylic acids is 1. The zero-order valence-corrected chi connectivity index (χ0v) is 12.9. The van der Waals surface area contributed by atoms with Gasteiger partial charge in [-0.3, -0.25) is 4.79 Å². The van der Waals surface area contributed by atoms with E-state index in [9.17, 15) is 53.1 Å². The lowest BCUT2D eigenvalue weighted by atomic mass is 9.87. The molecule has 144 valence electrons. The molecular formula is C10H8BrF11O2. The first-order valence-electron chi connectivity index (χ1n) is 5.75. The molecule has 0 rings (SSSR count). The number of rotatable bonds is 6. The summed E-state index contributed by atoms with van der Waals surface area (Å²) in [5, 5.41) is 0. The van der Waals surface area contributed by atoms with Crippen LogP contribution >= 0.6 is 15.9 Å². The Morgan fingerprint density at radius 1 is 0.875 bits per heavy atom. The molecule has 0 aromatic rings. The fourth-order valence-electron chi connectivity index (χ4n) is 1.41. The Labute approximate surface area is 135 Å². The molecular weight excluding hydrogens is 441 g/mol. The van der Waals surface area contributed by atoms with Gasteiger partial charge in [0.2, 0.25) is 0 Å². The Morgan fingerprint density at radius 2 is 1.29 bits per heavy atom. The quantitative estimate of drug-likeness (QED) is 0.331. The van der Waals surface area contributed by atoms with Gasteiger partial charge in [0.05, 0.1) is 6.61 Å². The van der Waals surface area contributed by atoms with Gasteiger partial charge in [-0.05, 0) is 6.92 Å². The first kappa shape index (κ1) is 23.2. The van der Waals surface area contributed by atoms with Gasteiger partial charge in [0.25, 0.3) is 5.67 Å². The SMILES string of the molecule is CCOC(=O)C(Br)CC(F)(C(F)(F)F)C(F)(F)C(F)(F)C(F)(F)F. The molecule has 0 heterocycles. The average molecular weight is 449 g/mol. The topological polar surface area (TPSA) is 26.3 Å². The van der Waals surface area contributed by atoms with Crippen LogP contribution in [0.2, 0.25) is 0 Å². The van der Waals surface area contributed by atoms with E-state index in [0.717, 1.165) is 6.92 Å². The molecule has 0 saturated carbocycles. The van der Waals surface area contributed by atoms with Gasteiger partial charge in [-0.15, -0.1) is 0 Å². The highest BCUT2D eigenvalue weighted by Crippen LogP contribution is 2.58. The molecule has 0 spiro atoms. The summed E-state index contributed by atoms with van der Waals surface area (Å²) < 4.78 is 144. The number of hydrogen-bond acceptors (Lipinski definition) is 2. The molecule has 0 aliphatic heterocycles. The van der Waals surface area contributed by atoms with E-state index in [1.165, 1.54) is 0 Å². The van der Waals surface area contributed by atoms with E-state index in [2.05, 4.69) is 4.74 Å². The van der Waals surface area contributed by atoms with Crippen LogP contribution < -0.4 is 0 Å². The van der Waals surface area contributed by atoms with Crippen LogP contribution in [0, 0.1) is 0 Å². The monoisotopic (exact) mass is 448 g/mol. The maximum atomic E-state index is 13.9. The minimum atomic E-state index is -7.36. The van der Waals surface area contributed by atoms with Crippen LogP contribution in [0.3, 0.4) is 0 Å². The summed E-state index contributed by atoms with van der Waals surface area (Å²) in [4.78, 5) is 8.51. The number of hydrogen-bond donors (Lipinski definition) is 0. The first-order valence-corrected chi connectivity index (χ1v) is 6.67. The summed E-state index contributed by atoms with van der Waals surface area (Å²) in [6, 6.07) is 0. The molecule has 0 aliphatic carbocycles. The van der Waals surface area contributed by atoms with Gasteiger partial charge < -0.3 is 4.74 Å². The average Bonchev–Trinajstić information content (AvgIpc) is 2.35. The largest absolute Gasteiger partial charge is 0.465 e. The van der Waals surface area contributed by atoms with Gasteiger partial charge in [0.15, 0.2) is 0 Å². The fraction of sp³-hybridized carbons (Fsp3) is 0.900. The van der Waals surface area contributed by atoms with Gasteiger partial charge in [0.1, 0.15) is 4.83 Å². The molecule has 0 bridgehead atoms. The zero-order valence-electron chi connectivity index (χ0n) is 11.3. The molecule has 14 heteroatoms. The standard InChI is InChI=1S/C10H8BrF11O2/c1-2-24-5(23)4(11)3-6(12,9(17,18)19)7(13,14)8(15,16)10(20,21)22/h4H,2-3H2,1H3. The van der Waals surface area contributed by atoms with Gasteiger partial charge >= 0.3 is 30.2 Å². The van der Waals surface area contributed by atoms with Crippen molar-refractivity contribution in [1.29, 1.82) is 0 Å². The third kappa shape index (κ3) is 3.87. The van der Waals surface area contributed by atoms with Gasteiger partial charge in [-0.25, -0.2) is 4.39 Å². The van der Waals surface area contributed by atoms with E-state index < -0.39 is 53.7 Å². The van der Waals surface area contributed by atoms with Crippen molar-refractivity contribution in [2.45, 2.75) is 48.0 Å². The van der Waals surface area contributed by atoms with Crippen LogP contribution in [0.1, 0.15) is 13.3 Å². The van der Waals surface area contributed by atoms with E-state index in [1.54, 1.807) is 0 Å². The summed E-state index contributed by atoms with van der Waals surface area (Å²) in [7, 11) is 0. The van der Waals surface area contributed by atoms with Crippen molar-refractivity contribution in [1.82, 2.24) is 0 Å². The van der Waals surface area contributed by atoms with Gasteiger partial charge in [-0.2, -0.15) is 43.9 Å². The van der Waals surface area contributed by atoms with Crippen LogP contribution in [0.25, 0.3) is 0 Å². The predicted octanol–water partition coefficient (Wildman–Crippen LogP) is 4.81. The van der Waals surface area contributed by atoms with E-state index >= 15 is 0 Å². The Bertz CT molecular complexity index is 459. The maximum absolute atomic E-state index is 13.9. The second-order valence-corrected chi connectivity index (χ2v) is 5.47. The van der Waals surface area contributed by atoms with E-state index in [1.807, 2.05) is 15.9 Å². The normalized spacial score (nSPS) is 18.0. The number of ether oxygens (including phenoxy) is 1. The molecule has 0 aliphatic rings. The Hall–Kier alpha value is -0.820. The zero-order chi connectivity index (χ0) is 19.8. The summed E-state index contributed by atoms with van der Waals surface area (Å²) in [5.41, 5.74) is -6.38. The van der Waals surface area contributed by atoms with Crippen LogP contribution in [0.5, 0.6) is 0 Å². The molecule has 0 amide bonds. The second kappa shape index (κ2) is 6.83. The molecule has 0 N–H and O–H groups in total. The Morgan fingerprint density at radius 3 is 1.58 bits per heavy atom. The maximum Gasteiger partial charge on any atom is 0.460 e. The van der Waals surface area contributed by atoms with Crippen molar-refractivity contribution in [2.24, 2.45) is 0 Å². The number of halogens is 12. The van der Waals surface area contributed by atoms with Crippen molar-refractivity contribution in [3.05, 3.63) is 0 Å². The van der Waals surface area contributed by atoms with E-state index in [4.69, 9.17) is 0 Å². The number of esters is 1. The van der Waals surface area contributed by atoms with Crippen molar-refractivity contribution in [2.75, 3.05) is 6.61 Å². The third-order valence-electron chi connectivity index (χ3n) is 2.70. The molecule has 0 saturated heterocycles. The number of alkyl halides is 12. The minimum absolute atomic E-state index is 0.499. The highest BCUT2D eigenvalue weighted by Gasteiger charge is 2.86. The molecule has 2 nitrogen and oxygen atoms in total. The van der Waals surface area contributed by atoms with Crippen molar-refractivity contribution in [3.63, 3.8) is 0 Å². The second-order valence-electron chi connectivity index (χ2n) is 4.37. The number of carbonyl (C=O) groups is 1. The van der Waals surface area contributed by atoms with Crippen LogP contribution in [0.15, 0.2) is 0 Å². The van der Waals surface area contributed by atoms with Crippen molar-refractivity contribution >= 4 is 21.9 Å². The van der Waals surface area contributed by atoms with Crippen LogP contribution in [-0.2, 0) is 9.53 Å². The molecule has 0 radical (unpaired) electrons.